The van der Waals surface area contributed by atoms with Crippen molar-refractivity contribution in [3.05, 3.63) is 47.7 Å². The van der Waals surface area contributed by atoms with Gasteiger partial charge in [-0.05, 0) is 36.9 Å². The van der Waals surface area contributed by atoms with Gasteiger partial charge in [0.25, 0.3) is 5.91 Å². The second kappa shape index (κ2) is 7.13. The maximum absolute atomic E-state index is 12.4. The van der Waals surface area contributed by atoms with Gasteiger partial charge in [-0.1, -0.05) is 19.1 Å². The van der Waals surface area contributed by atoms with Crippen LogP contribution in [0.4, 0.5) is 11.5 Å². The summed E-state index contributed by atoms with van der Waals surface area (Å²) in [6, 6.07) is 11.4. The van der Waals surface area contributed by atoms with Crippen molar-refractivity contribution in [3.63, 3.8) is 0 Å². The van der Waals surface area contributed by atoms with Crippen molar-refractivity contribution < 1.29 is 4.79 Å². The molecule has 0 aliphatic carbocycles. The number of anilines is 2. The topological polar surface area (TPSA) is 54.0 Å². The van der Waals surface area contributed by atoms with Gasteiger partial charge >= 0.3 is 0 Å². The number of pyridine rings is 1. The summed E-state index contributed by atoms with van der Waals surface area (Å²) in [5.41, 5.74) is 2.34. The molecular formula is C16H19N3OS. The second-order valence-corrected chi connectivity index (χ2v) is 5.34. The zero-order valence-corrected chi connectivity index (χ0v) is 13.3. The van der Waals surface area contributed by atoms with Crippen molar-refractivity contribution in [2.24, 2.45) is 0 Å². The van der Waals surface area contributed by atoms with E-state index in [-0.39, 0.29) is 5.91 Å². The molecule has 0 saturated carbocycles. The van der Waals surface area contributed by atoms with E-state index < -0.39 is 0 Å². The SMILES string of the molecule is CCc1cc(C(=O)Nc2ccccc2SC)cc(NC)n1. The van der Waals surface area contributed by atoms with Crippen LogP contribution >= 0.6 is 11.8 Å². The normalized spacial score (nSPS) is 10.2. The first kappa shape index (κ1) is 15.4. The van der Waals surface area contributed by atoms with E-state index in [1.807, 2.05) is 43.5 Å². The molecule has 2 N–H and O–H groups in total. The molecule has 0 unspecified atom stereocenters. The van der Waals surface area contributed by atoms with Crippen LogP contribution in [0.1, 0.15) is 23.0 Å². The van der Waals surface area contributed by atoms with Crippen molar-refractivity contribution in [3.8, 4) is 0 Å². The fourth-order valence-electron chi connectivity index (χ4n) is 1.97. The van der Waals surface area contributed by atoms with Gasteiger partial charge in [0.15, 0.2) is 0 Å². The third-order valence-electron chi connectivity index (χ3n) is 3.11. The molecule has 0 radical (unpaired) electrons. The number of aromatic nitrogens is 1. The minimum absolute atomic E-state index is 0.120. The van der Waals surface area contributed by atoms with Gasteiger partial charge in [-0.2, -0.15) is 0 Å². The van der Waals surface area contributed by atoms with E-state index >= 15 is 0 Å². The minimum Gasteiger partial charge on any atom is -0.373 e. The summed E-state index contributed by atoms with van der Waals surface area (Å²) in [7, 11) is 1.80. The standard InChI is InChI=1S/C16H19N3OS/c1-4-12-9-11(10-15(17-2)18-12)16(20)19-13-7-5-6-8-14(13)21-3/h5-10H,4H2,1-3H3,(H,17,18)(H,19,20). The number of amides is 1. The number of carbonyl (C=O) groups excluding carboxylic acids is 1. The number of aryl methyl sites for hydroxylation is 1. The molecule has 0 aliphatic heterocycles. The molecule has 0 fully saturated rings. The molecule has 1 aromatic heterocycles. The molecule has 0 spiro atoms. The predicted octanol–water partition coefficient (Wildman–Crippen LogP) is 3.66. The molecule has 1 aromatic carbocycles. The zero-order chi connectivity index (χ0) is 15.2. The van der Waals surface area contributed by atoms with Gasteiger partial charge in [0.2, 0.25) is 0 Å². The Kier molecular flexibility index (Phi) is 5.22. The number of benzene rings is 1. The molecule has 0 bridgehead atoms. The third-order valence-corrected chi connectivity index (χ3v) is 3.91. The molecule has 2 aromatic rings. The first-order valence-electron chi connectivity index (χ1n) is 6.81. The Labute approximate surface area is 129 Å². The highest BCUT2D eigenvalue weighted by atomic mass is 32.2. The highest BCUT2D eigenvalue weighted by molar-refractivity contribution is 7.98. The van der Waals surface area contributed by atoms with Gasteiger partial charge in [-0.15, -0.1) is 11.8 Å². The van der Waals surface area contributed by atoms with Crippen molar-refractivity contribution >= 4 is 29.2 Å². The zero-order valence-electron chi connectivity index (χ0n) is 12.4. The van der Waals surface area contributed by atoms with Crippen LogP contribution in [0, 0.1) is 0 Å². The van der Waals surface area contributed by atoms with Gasteiger partial charge in [0, 0.05) is 23.2 Å². The summed E-state index contributed by atoms with van der Waals surface area (Å²) in [4.78, 5) is 17.9. The minimum atomic E-state index is -0.120. The molecule has 4 nitrogen and oxygen atoms in total. The van der Waals surface area contributed by atoms with Gasteiger partial charge in [-0.3, -0.25) is 4.79 Å². The average molecular weight is 301 g/mol. The van der Waals surface area contributed by atoms with E-state index in [4.69, 9.17) is 0 Å². The van der Waals surface area contributed by atoms with E-state index in [1.54, 1.807) is 24.9 Å². The molecule has 1 heterocycles. The molecular weight excluding hydrogens is 282 g/mol. The fraction of sp³-hybridized carbons (Fsp3) is 0.250. The lowest BCUT2D eigenvalue weighted by Gasteiger charge is -2.11. The monoisotopic (exact) mass is 301 g/mol. The second-order valence-electron chi connectivity index (χ2n) is 4.49. The van der Waals surface area contributed by atoms with Crippen LogP contribution in [0.5, 0.6) is 0 Å². The molecule has 5 heteroatoms. The number of thioether (sulfide) groups is 1. The third kappa shape index (κ3) is 3.76. The van der Waals surface area contributed by atoms with Crippen LogP contribution in [0.2, 0.25) is 0 Å². The first-order valence-corrected chi connectivity index (χ1v) is 8.03. The highest BCUT2D eigenvalue weighted by Crippen LogP contribution is 2.25. The van der Waals surface area contributed by atoms with Crippen LogP contribution in [0.3, 0.4) is 0 Å². The summed E-state index contributed by atoms with van der Waals surface area (Å²) in [6.45, 7) is 2.02. The average Bonchev–Trinajstić information content (AvgIpc) is 2.54. The van der Waals surface area contributed by atoms with Crippen molar-refractivity contribution in [2.45, 2.75) is 18.2 Å². The molecule has 110 valence electrons. The van der Waals surface area contributed by atoms with Crippen molar-refractivity contribution in [1.82, 2.24) is 4.98 Å². The lowest BCUT2D eigenvalue weighted by atomic mass is 10.1. The number of nitrogens with one attached hydrogen (secondary N) is 2. The first-order chi connectivity index (χ1) is 10.2. The Morgan fingerprint density at radius 3 is 2.71 bits per heavy atom. The highest BCUT2D eigenvalue weighted by Gasteiger charge is 2.11. The van der Waals surface area contributed by atoms with E-state index in [2.05, 4.69) is 15.6 Å². The Balaban J connectivity index is 2.28. The smallest absolute Gasteiger partial charge is 0.255 e. The van der Waals surface area contributed by atoms with Crippen molar-refractivity contribution in [2.75, 3.05) is 23.9 Å². The number of carbonyl (C=O) groups is 1. The van der Waals surface area contributed by atoms with Crippen LogP contribution < -0.4 is 10.6 Å². The van der Waals surface area contributed by atoms with E-state index in [0.29, 0.717) is 11.4 Å². The van der Waals surface area contributed by atoms with Gasteiger partial charge in [0.05, 0.1) is 5.69 Å². The van der Waals surface area contributed by atoms with Crippen LogP contribution in [-0.2, 0) is 6.42 Å². The summed E-state index contributed by atoms with van der Waals surface area (Å²) >= 11 is 1.61. The van der Waals surface area contributed by atoms with Gasteiger partial charge < -0.3 is 10.6 Å². The number of hydrogen-bond donors (Lipinski definition) is 2. The Hall–Kier alpha value is -2.01. The van der Waals surface area contributed by atoms with Crippen LogP contribution in [0.15, 0.2) is 41.3 Å². The van der Waals surface area contributed by atoms with Crippen molar-refractivity contribution in [1.29, 1.82) is 0 Å². The molecule has 0 aliphatic rings. The lowest BCUT2D eigenvalue weighted by molar-refractivity contribution is 0.102. The quantitative estimate of drug-likeness (QED) is 0.828. The maximum Gasteiger partial charge on any atom is 0.255 e. The largest absolute Gasteiger partial charge is 0.373 e. The molecule has 0 saturated heterocycles. The molecule has 1 amide bonds. The number of para-hydroxylation sites is 1. The Bertz CT molecular complexity index is 621. The maximum atomic E-state index is 12.4. The summed E-state index contributed by atoms with van der Waals surface area (Å²) < 4.78 is 0. The van der Waals surface area contributed by atoms with Crippen LogP contribution in [0.25, 0.3) is 0 Å². The molecule has 0 atom stereocenters. The Morgan fingerprint density at radius 1 is 1.29 bits per heavy atom. The fourth-order valence-corrected chi connectivity index (χ4v) is 2.52. The van der Waals surface area contributed by atoms with Gasteiger partial charge in [-0.25, -0.2) is 4.98 Å². The van der Waals surface area contributed by atoms with E-state index in [1.165, 1.54) is 0 Å². The lowest BCUT2D eigenvalue weighted by Crippen LogP contribution is -2.14. The molecule has 2 rings (SSSR count). The van der Waals surface area contributed by atoms with Crippen LogP contribution in [-0.4, -0.2) is 24.2 Å². The molecule has 21 heavy (non-hydrogen) atoms. The summed E-state index contributed by atoms with van der Waals surface area (Å²) in [5, 5.41) is 5.95. The van der Waals surface area contributed by atoms with E-state index in [9.17, 15) is 4.79 Å². The van der Waals surface area contributed by atoms with Gasteiger partial charge in [0.1, 0.15) is 5.82 Å². The number of nitrogens with zero attached hydrogens (tertiary/aromatic N) is 1. The Morgan fingerprint density at radius 2 is 2.05 bits per heavy atom. The van der Waals surface area contributed by atoms with E-state index in [0.717, 1.165) is 22.7 Å². The number of hydrogen-bond acceptors (Lipinski definition) is 4. The number of rotatable bonds is 5. The summed E-state index contributed by atoms with van der Waals surface area (Å²) in [6.07, 6.45) is 2.78. The predicted molar refractivity (Wildman–Crippen MR) is 89.3 cm³/mol. The summed E-state index contributed by atoms with van der Waals surface area (Å²) in [5.74, 6) is 0.586.